The van der Waals surface area contributed by atoms with E-state index < -0.39 is 0 Å². The third-order valence-electron chi connectivity index (χ3n) is 5.66. The van der Waals surface area contributed by atoms with Gasteiger partial charge in [0, 0.05) is 31.3 Å². The van der Waals surface area contributed by atoms with Crippen LogP contribution < -0.4 is 10.6 Å². The van der Waals surface area contributed by atoms with Crippen molar-refractivity contribution in [2.45, 2.75) is 25.8 Å². The summed E-state index contributed by atoms with van der Waals surface area (Å²) in [7, 11) is 0. The molecule has 144 valence electrons. The van der Waals surface area contributed by atoms with Gasteiger partial charge in [-0.1, -0.05) is 0 Å². The molecule has 3 heterocycles. The Labute approximate surface area is 159 Å². The van der Waals surface area contributed by atoms with E-state index in [1.807, 2.05) is 0 Å². The van der Waals surface area contributed by atoms with Crippen LogP contribution in [0.3, 0.4) is 0 Å². The number of nitrogens with one attached hydrogen (secondary N) is 2. The molecule has 1 atom stereocenters. The smallest absolute Gasteiger partial charge is 0.244 e. The highest BCUT2D eigenvalue weighted by Crippen LogP contribution is 2.58. The number of morpholine rings is 1. The van der Waals surface area contributed by atoms with Crippen LogP contribution in [0.4, 0.5) is 5.82 Å². The van der Waals surface area contributed by atoms with Gasteiger partial charge in [0.1, 0.15) is 6.54 Å². The molecule has 1 aromatic rings. The Morgan fingerprint density at radius 2 is 2.04 bits per heavy atom. The summed E-state index contributed by atoms with van der Waals surface area (Å²) in [5.41, 5.74) is 0.212. The lowest BCUT2D eigenvalue weighted by atomic mass is 9.92. The van der Waals surface area contributed by atoms with Gasteiger partial charge in [0.2, 0.25) is 11.8 Å². The number of ether oxygens (including phenoxy) is 1. The fourth-order valence-corrected chi connectivity index (χ4v) is 3.98. The summed E-state index contributed by atoms with van der Waals surface area (Å²) in [5, 5.41) is 10.6. The lowest BCUT2D eigenvalue weighted by Crippen LogP contribution is -2.42. The molecule has 3 fully saturated rings. The number of amides is 2. The van der Waals surface area contributed by atoms with Gasteiger partial charge in [-0.15, -0.1) is 12.4 Å². The molecule has 1 aliphatic carbocycles. The largest absolute Gasteiger partial charge is 0.378 e. The minimum atomic E-state index is 0. The van der Waals surface area contributed by atoms with E-state index in [-0.39, 0.29) is 42.1 Å². The molecule has 2 saturated heterocycles. The van der Waals surface area contributed by atoms with Crippen molar-refractivity contribution in [1.82, 2.24) is 20.0 Å². The first-order chi connectivity index (χ1) is 12.2. The molecule has 1 aromatic heterocycles. The van der Waals surface area contributed by atoms with Gasteiger partial charge in [-0.2, -0.15) is 5.10 Å². The molecule has 4 rings (SSSR count). The van der Waals surface area contributed by atoms with Crippen LogP contribution in [0.25, 0.3) is 0 Å². The lowest BCUT2D eigenvalue weighted by Gasteiger charge is -2.26. The molecule has 2 N–H and O–H groups in total. The molecule has 0 bridgehead atoms. The summed E-state index contributed by atoms with van der Waals surface area (Å²) < 4.78 is 6.84. The van der Waals surface area contributed by atoms with Crippen molar-refractivity contribution in [3.05, 3.63) is 12.3 Å². The molecular weight excluding hydrogens is 358 g/mol. The van der Waals surface area contributed by atoms with Gasteiger partial charge in [-0.25, -0.2) is 0 Å². The van der Waals surface area contributed by atoms with Crippen molar-refractivity contribution in [3.8, 4) is 0 Å². The molecule has 9 heteroatoms. The Kier molecular flexibility index (Phi) is 5.84. The van der Waals surface area contributed by atoms with E-state index in [0.29, 0.717) is 32.1 Å². The summed E-state index contributed by atoms with van der Waals surface area (Å²) in [6.45, 7) is 4.62. The number of hydrogen-bond acceptors (Lipinski definition) is 5. The zero-order valence-corrected chi connectivity index (χ0v) is 15.6. The first-order valence-electron chi connectivity index (χ1n) is 9.07. The van der Waals surface area contributed by atoms with Crippen LogP contribution in [0.5, 0.6) is 0 Å². The van der Waals surface area contributed by atoms with Crippen molar-refractivity contribution in [1.29, 1.82) is 0 Å². The van der Waals surface area contributed by atoms with E-state index in [9.17, 15) is 9.59 Å². The summed E-state index contributed by atoms with van der Waals surface area (Å²) >= 11 is 0. The number of halogens is 1. The highest BCUT2D eigenvalue weighted by atomic mass is 35.5. The quantitative estimate of drug-likeness (QED) is 0.790. The van der Waals surface area contributed by atoms with Gasteiger partial charge in [-0.3, -0.25) is 14.3 Å². The monoisotopic (exact) mass is 383 g/mol. The standard InChI is InChI=1S/C17H25N5O3.ClH/c23-15(21-7-9-25-10-8-21)12-22-6-1-14(20-22)19-16(24)13-11-17(13)2-4-18-5-3-17;/h1,6,13,18H,2-5,7-12H2,(H,19,20,24);1H. The normalized spacial score (nSPS) is 24.0. The van der Waals surface area contributed by atoms with Crippen molar-refractivity contribution in [3.63, 3.8) is 0 Å². The number of nitrogens with zero attached hydrogens (tertiary/aromatic N) is 3. The Morgan fingerprint density at radius 3 is 2.77 bits per heavy atom. The zero-order valence-electron chi connectivity index (χ0n) is 14.8. The number of rotatable bonds is 4. The second kappa shape index (κ2) is 7.94. The Hall–Kier alpha value is -1.64. The molecule has 1 unspecified atom stereocenters. The molecule has 1 saturated carbocycles. The van der Waals surface area contributed by atoms with Gasteiger partial charge < -0.3 is 20.3 Å². The van der Waals surface area contributed by atoms with Crippen LogP contribution in [0.1, 0.15) is 19.3 Å². The first kappa shape index (κ1) is 19.1. The molecular formula is C17H26ClN5O3. The van der Waals surface area contributed by atoms with E-state index >= 15 is 0 Å². The van der Waals surface area contributed by atoms with Crippen molar-refractivity contribution in [2.24, 2.45) is 11.3 Å². The number of hydrogen-bond donors (Lipinski definition) is 2. The Balaban J connectivity index is 0.00000196. The average Bonchev–Trinajstić information content (AvgIpc) is 3.14. The van der Waals surface area contributed by atoms with Gasteiger partial charge >= 0.3 is 0 Å². The van der Waals surface area contributed by atoms with Crippen molar-refractivity contribution >= 4 is 30.0 Å². The molecule has 0 radical (unpaired) electrons. The van der Waals surface area contributed by atoms with Crippen LogP contribution in [-0.2, 0) is 20.9 Å². The van der Waals surface area contributed by atoms with E-state index in [1.165, 1.54) is 0 Å². The van der Waals surface area contributed by atoms with Crippen molar-refractivity contribution in [2.75, 3.05) is 44.7 Å². The minimum absolute atomic E-state index is 0. The van der Waals surface area contributed by atoms with Gasteiger partial charge in [-0.05, 0) is 37.8 Å². The van der Waals surface area contributed by atoms with E-state index in [1.54, 1.807) is 21.8 Å². The van der Waals surface area contributed by atoms with Crippen LogP contribution in [-0.4, -0.2) is 65.9 Å². The van der Waals surface area contributed by atoms with Gasteiger partial charge in [0.25, 0.3) is 0 Å². The fraction of sp³-hybridized carbons (Fsp3) is 0.706. The maximum absolute atomic E-state index is 12.5. The molecule has 2 aliphatic heterocycles. The average molecular weight is 384 g/mol. The highest BCUT2D eigenvalue weighted by molar-refractivity contribution is 5.94. The van der Waals surface area contributed by atoms with Crippen molar-refractivity contribution < 1.29 is 14.3 Å². The number of aromatic nitrogens is 2. The second-order valence-electron chi connectivity index (χ2n) is 7.25. The maximum atomic E-state index is 12.5. The second-order valence-corrected chi connectivity index (χ2v) is 7.25. The first-order valence-corrected chi connectivity index (χ1v) is 9.07. The highest BCUT2D eigenvalue weighted by Gasteiger charge is 2.57. The Bertz CT molecular complexity index is 653. The number of carbonyl (C=O) groups is 2. The van der Waals surface area contributed by atoms with Crippen LogP contribution in [0.2, 0.25) is 0 Å². The summed E-state index contributed by atoms with van der Waals surface area (Å²) in [6.07, 6.45) is 4.87. The molecule has 26 heavy (non-hydrogen) atoms. The third-order valence-corrected chi connectivity index (χ3v) is 5.66. The van der Waals surface area contributed by atoms with Gasteiger partial charge in [0.05, 0.1) is 13.2 Å². The maximum Gasteiger partial charge on any atom is 0.244 e. The summed E-state index contributed by atoms with van der Waals surface area (Å²) in [6, 6.07) is 1.75. The van der Waals surface area contributed by atoms with E-state index in [2.05, 4.69) is 15.7 Å². The molecule has 2 amide bonds. The topological polar surface area (TPSA) is 88.5 Å². The van der Waals surface area contributed by atoms with Crippen LogP contribution >= 0.6 is 12.4 Å². The van der Waals surface area contributed by atoms with Crippen LogP contribution in [0, 0.1) is 11.3 Å². The van der Waals surface area contributed by atoms with Gasteiger partial charge in [0.15, 0.2) is 5.82 Å². The molecule has 1 spiro atoms. The number of piperidine rings is 1. The summed E-state index contributed by atoms with van der Waals surface area (Å²) in [4.78, 5) is 26.5. The van der Waals surface area contributed by atoms with Crippen LogP contribution in [0.15, 0.2) is 12.3 Å². The number of anilines is 1. The lowest BCUT2D eigenvalue weighted by molar-refractivity contribution is -0.136. The molecule has 0 aromatic carbocycles. The van der Waals surface area contributed by atoms with E-state index in [4.69, 9.17) is 4.74 Å². The predicted molar refractivity (Wildman–Crippen MR) is 98.1 cm³/mol. The van der Waals surface area contributed by atoms with E-state index in [0.717, 1.165) is 32.4 Å². The molecule has 3 aliphatic rings. The number of carbonyl (C=O) groups excluding carboxylic acids is 2. The third kappa shape index (κ3) is 4.02. The molecule has 8 nitrogen and oxygen atoms in total. The zero-order chi connectivity index (χ0) is 17.3. The Morgan fingerprint density at radius 1 is 1.31 bits per heavy atom. The SMILES string of the molecule is Cl.O=C(Nc1ccn(CC(=O)N2CCOCC2)n1)C1CC12CCNCC2. The summed E-state index contributed by atoms with van der Waals surface area (Å²) in [5.74, 6) is 0.720. The minimum Gasteiger partial charge on any atom is -0.378 e. The fourth-order valence-electron chi connectivity index (χ4n) is 3.98. The predicted octanol–water partition coefficient (Wildman–Crippen LogP) is 0.492.